The number of nitrogens with two attached hydrogens (primary N) is 1. The van der Waals surface area contributed by atoms with Gasteiger partial charge in [0, 0.05) is 0 Å². The second kappa shape index (κ2) is 9.64. The third kappa shape index (κ3) is 4.65. The number of halogens is 3. The van der Waals surface area contributed by atoms with Gasteiger partial charge in [0.2, 0.25) is 0 Å². The maximum Gasteiger partial charge on any atom is 0.323 e. The maximum atomic E-state index is 12.3. The van der Waals surface area contributed by atoms with Crippen molar-refractivity contribution >= 4 is 56.1 Å². The van der Waals surface area contributed by atoms with E-state index >= 15 is 0 Å². The fourth-order valence-electron chi connectivity index (χ4n) is 3.61. The summed E-state index contributed by atoms with van der Waals surface area (Å²) in [6.07, 6.45) is -4.25. The van der Waals surface area contributed by atoms with E-state index in [0.29, 0.717) is 32.2 Å². The molecule has 0 amide bonds. The van der Waals surface area contributed by atoms with Crippen LogP contribution >= 0.6 is 39.1 Å². The minimum Gasteiger partial charge on any atom is -0.462 e. The first-order valence-electron chi connectivity index (χ1n) is 9.76. The third-order valence-corrected chi connectivity index (χ3v) is 6.55. The van der Waals surface area contributed by atoms with Gasteiger partial charge in [-0.05, 0) is 40.0 Å². The number of carbonyl (C=O) groups is 1. The number of benzene rings is 2. The number of nitrogens with zero attached hydrogens (tertiary/aromatic N) is 2. The summed E-state index contributed by atoms with van der Waals surface area (Å²) in [5, 5.41) is 21.7. The average molecular weight is 545 g/mol. The molecule has 3 aromatic rings. The number of rotatable bonds is 6. The lowest BCUT2D eigenvalue weighted by atomic mass is 10.1. The van der Waals surface area contributed by atoms with Gasteiger partial charge in [0.05, 0.1) is 21.1 Å². The van der Waals surface area contributed by atoms with E-state index in [9.17, 15) is 15.0 Å². The lowest BCUT2D eigenvalue weighted by Crippen LogP contribution is -2.38. The van der Waals surface area contributed by atoms with E-state index in [1.165, 1.54) is 0 Å². The van der Waals surface area contributed by atoms with Gasteiger partial charge in [-0.1, -0.05) is 53.5 Å². The van der Waals surface area contributed by atoms with E-state index in [-0.39, 0.29) is 6.61 Å². The lowest BCUT2D eigenvalue weighted by Gasteiger charge is -2.18. The monoisotopic (exact) mass is 543 g/mol. The largest absolute Gasteiger partial charge is 0.462 e. The van der Waals surface area contributed by atoms with Crippen molar-refractivity contribution < 1.29 is 24.5 Å². The summed E-state index contributed by atoms with van der Waals surface area (Å²) in [6, 6.07) is 11.6. The average Bonchev–Trinajstić information content (AvgIpc) is 3.22. The van der Waals surface area contributed by atoms with Crippen LogP contribution in [0.1, 0.15) is 11.8 Å². The van der Waals surface area contributed by atoms with Crippen LogP contribution < -0.4 is 5.73 Å². The topological polar surface area (TPSA) is 120 Å². The molecule has 1 unspecified atom stereocenters. The lowest BCUT2D eigenvalue weighted by molar-refractivity contribution is -0.151. The van der Waals surface area contributed by atoms with Crippen LogP contribution in [0.2, 0.25) is 10.0 Å². The SMILES string of the molecule is N[C@H](Cc1ccccc1)C(=O)OC[C@H]1OC(n2c(Br)nc3cc(Cl)c(Cl)cc32)[C@H](O)[C@@H]1O. The zero-order chi connectivity index (χ0) is 23.0. The van der Waals surface area contributed by atoms with Crippen LogP contribution in [-0.4, -0.2) is 56.7 Å². The molecule has 1 saturated heterocycles. The number of aliphatic hydroxyl groups is 2. The van der Waals surface area contributed by atoms with Crippen LogP contribution in [0.5, 0.6) is 0 Å². The van der Waals surface area contributed by atoms with Crippen molar-refractivity contribution in [2.75, 3.05) is 6.61 Å². The second-order valence-electron chi connectivity index (χ2n) is 7.48. The molecule has 0 radical (unpaired) electrons. The number of aromatic nitrogens is 2. The standard InChI is InChI=1S/C21H20BrCl2N3O5/c22-21-26-14-7-11(23)12(24)8-15(14)27(21)19-18(29)17(28)16(32-19)9-31-20(30)13(25)6-10-4-2-1-3-5-10/h1-5,7-8,13,16-19,28-29H,6,9,25H2/t13-,16-,17-,18-,19?/m1/s1. The number of ether oxygens (including phenoxy) is 2. The van der Waals surface area contributed by atoms with Gasteiger partial charge in [0.15, 0.2) is 11.0 Å². The normalized spacial score (nSPS) is 24.1. The minimum absolute atomic E-state index is 0.271. The third-order valence-electron chi connectivity index (χ3n) is 5.27. The minimum atomic E-state index is -1.31. The highest BCUT2D eigenvalue weighted by atomic mass is 79.9. The van der Waals surface area contributed by atoms with Crippen LogP contribution in [-0.2, 0) is 20.7 Å². The Balaban J connectivity index is 1.45. The zero-order valence-corrected chi connectivity index (χ0v) is 19.7. The first-order valence-corrected chi connectivity index (χ1v) is 11.3. The molecule has 5 atom stereocenters. The Labute approximate surface area is 202 Å². The molecule has 8 nitrogen and oxygen atoms in total. The van der Waals surface area contributed by atoms with E-state index in [1.54, 1.807) is 16.7 Å². The Hall–Kier alpha value is -1.72. The van der Waals surface area contributed by atoms with Crippen molar-refractivity contribution in [1.29, 1.82) is 0 Å². The highest BCUT2D eigenvalue weighted by Gasteiger charge is 2.45. The number of hydrogen-bond donors (Lipinski definition) is 3. The van der Waals surface area contributed by atoms with Gasteiger partial charge in [-0.25, -0.2) is 4.98 Å². The summed E-state index contributed by atoms with van der Waals surface area (Å²) < 4.78 is 13.0. The molecule has 0 saturated carbocycles. The molecule has 11 heteroatoms. The van der Waals surface area contributed by atoms with Crippen LogP contribution in [0.3, 0.4) is 0 Å². The predicted octanol–water partition coefficient (Wildman–Crippen LogP) is 2.84. The zero-order valence-electron chi connectivity index (χ0n) is 16.6. The number of aliphatic hydroxyl groups excluding tert-OH is 2. The first-order chi connectivity index (χ1) is 15.3. The van der Waals surface area contributed by atoms with Gasteiger partial charge in [0.1, 0.15) is 31.0 Å². The van der Waals surface area contributed by atoms with Crippen molar-refractivity contribution in [2.24, 2.45) is 5.73 Å². The number of carbonyl (C=O) groups excluding carboxylic acids is 1. The summed E-state index contributed by atoms with van der Waals surface area (Å²) in [4.78, 5) is 16.6. The second-order valence-corrected chi connectivity index (χ2v) is 9.00. The number of imidazole rings is 1. The van der Waals surface area contributed by atoms with Gasteiger partial charge in [-0.3, -0.25) is 9.36 Å². The molecule has 0 spiro atoms. The summed E-state index contributed by atoms with van der Waals surface area (Å²) in [5.41, 5.74) is 7.92. The molecular weight excluding hydrogens is 525 g/mol. The summed E-state index contributed by atoms with van der Waals surface area (Å²) in [5.74, 6) is -0.627. The molecule has 1 aromatic heterocycles. The summed E-state index contributed by atoms with van der Waals surface area (Å²) >= 11 is 15.5. The van der Waals surface area contributed by atoms with Crippen LogP contribution in [0.4, 0.5) is 0 Å². The predicted molar refractivity (Wildman–Crippen MR) is 122 cm³/mol. The van der Waals surface area contributed by atoms with Gasteiger partial charge < -0.3 is 25.4 Å². The van der Waals surface area contributed by atoms with Crippen LogP contribution in [0.15, 0.2) is 47.2 Å². The van der Waals surface area contributed by atoms with Crippen molar-refractivity contribution in [3.8, 4) is 0 Å². The Bertz CT molecular complexity index is 1130. The molecule has 4 rings (SSSR count). The fraction of sp³-hybridized carbons (Fsp3) is 0.333. The molecule has 0 aliphatic carbocycles. The van der Waals surface area contributed by atoms with Gasteiger partial charge in [0.25, 0.3) is 0 Å². The number of hydrogen-bond acceptors (Lipinski definition) is 7. The molecule has 1 fully saturated rings. The van der Waals surface area contributed by atoms with Crippen molar-refractivity contribution in [3.05, 3.63) is 62.8 Å². The number of fused-ring (bicyclic) bond motifs is 1. The Morgan fingerprint density at radius 3 is 2.62 bits per heavy atom. The fourth-order valence-corrected chi connectivity index (χ4v) is 4.51. The van der Waals surface area contributed by atoms with Crippen molar-refractivity contribution in [3.63, 3.8) is 0 Å². The smallest absolute Gasteiger partial charge is 0.323 e. The molecule has 0 bridgehead atoms. The molecular formula is C21H20BrCl2N3O5. The Kier molecular flexibility index (Phi) is 7.06. The molecule has 1 aliphatic rings. The van der Waals surface area contributed by atoms with Gasteiger partial charge >= 0.3 is 5.97 Å². The highest BCUT2D eigenvalue weighted by Crippen LogP contribution is 2.37. The van der Waals surface area contributed by atoms with E-state index < -0.39 is 36.6 Å². The maximum absolute atomic E-state index is 12.3. The molecule has 2 aromatic carbocycles. The van der Waals surface area contributed by atoms with E-state index in [2.05, 4.69) is 20.9 Å². The molecule has 170 valence electrons. The molecule has 1 aliphatic heterocycles. The van der Waals surface area contributed by atoms with E-state index in [4.69, 9.17) is 38.4 Å². The highest BCUT2D eigenvalue weighted by molar-refractivity contribution is 9.10. The molecule has 4 N–H and O–H groups in total. The van der Waals surface area contributed by atoms with Crippen molar-refractivity contribution in [2.45, 2.75) is 37.0 Å². The first kappa shape index (κ1) is 23.4. The Morgan fingerprint density at radius 1 is 1.22 bits per heavy atom. The van der Waals surface area contributed by atoms with Gasteiger partial charge in [-0.15, -0.1) is 0 Å². The number of esters is 1. The molecule has 2 heterocycles. The van der Waals surface area contributed by atoms with E-state index in [1.807, 2.05) is 30.3 Å². The molecule has 32 heavy (non-hydrogen) atoms. The van der Waals surface area contributed by atoms with E-state index in [0.717, 1.165) is 5.56 Å². The van der Waals surface area contributed by atoms with Crippen LogP contribution in [0.25, 0.3) is 11.0 Å². The van der Waals surface area contributed by atoms with Gasteiger partial charge in [-0.2, -0.15) is 0 Å². The quantitative estimate of drug-likeness (QED) is 0.408. The van der Waals surface area contributed by atoms with Crippen LogP contribution in [0, 0.1) is 0 Å². The Morgan fingerprint density at radius 2 is 1.91 bits per heavy atom. The summed E-state index contributed by atoms with van der Waals surface area (Å²) in [6.45, 7) is -0.271. The van der Waals surface area contributed by atoms with Crippen molar-refractivity contribution in [1.82, 2.24) is 9.55 Å². The summed E-state index contributed by atoms with van der Waals surface area (Å²) in [7, 11) is 0.